The Morgan fingerprint density at radius 1 is 0.517 bits per heavy atom. The van der Waals surface area contributed by atoms with Gasteiger partial charge in [0.05, 0.1) is 0 Å². The van der Waals surface area contributed by atoms with Gasteiger partial charge in [-0.15, -0.1) is 0 Å². The van der Waals surface area contributed by atoms with Crippen LogP contribution in [-0.2, 0) is 6.42 Å². The number of hydrogen-bond acceptors (Lipinski definition) is 1. The van der Waals surface area contributed by atoms with Gasteiger partial charge in [-0.05, 0) is 59.5 Å². The normalized spacial score (nSPS) is 10.9. The lowest BCUT2D eigenvalue weighted by molar-refractivity contribution is 1.14. The van der Waals surface area contributed by atoms with Crippen molar-refractivity contribution in [1.29, 1.82) is 0 Å². The van der Waals surface area contributed by atoms with Crippen LogP contribution in [-0.4, -0.2) is 0 Å². The highest BCUT2D eigenvalue weighted by molar-refractivity contribution is 5.78. The van der Waals surface area contributed by atoms with Crippen LogP contribution in [0.1, 0.15) is 23.6 Å². The van der Waals surface area contributed by atoms with Crippen LogP contribution >= 0.6 is 0 Å². The topological polar surface area (TPSA) is 3.24 Å². The molecule has 0 aromatic heterocycles. The first kappa shape index (κ1) is 18.8. The number of para-hydroxylation sites is 2. The van der Waals surface area contributed by atoms with E-state index in [4.69, 9.17) is 0 Å². The van der Waals surface area contributed by atoms with E-state index in [1.54, 1.807) is 0 Å². The molecule has 29 heavy (non-hydrogen) atoms. The highest BCUT2D eigenvalue weighted by Crippen LogP contribution is 2.34. The molecule has 0 N–H and O–H groups in total. The number of anilines is 3. The van der Waals surface area contributed by atoms with Crippen molar-refractivity contribution in [2.24, 2.45) is 0 Å². The van der Waals surface area contributed by atoms with Crippen LogP contribution in [0.2, 0.25) is 0 Å². The lowest BCUT2D eigenvalue weighted by Gasteiger charge is -2.25. The smallest absolute Gasteiger partial charge is 0.0462 e. The summed E-state index contributed by atoms with van der Waals surface area (Å²) in [6, 6.07) is 38.4. The van der Waals surface area contributed by atoms with E-state index in [2.05, 4.69) is 121 Å². The molecule has 0 radical (unpaired) electrons. The van der Waals surface area contributed by atoms with Crippen LogP contribution in [0.15, 0.2) is 109 Å². The Morgan fingerprint density at radius 3 is 1.38 bits per heavy atom. The molecule has 0 aliphatic rings. The fourth-order valence-electron chi connectivity index (χ4n) is 3.39. The first-order chi connectivity index (χ1) is 14.3. The van der Waals surface area contributed by atoms with E-state index in [-0.39, 0.29) is 0 Å². The van der Waals surface area contributed by atoms with Crippen molar-refractivity contribution >= 4 is 29.2 Å². The van der Waals surface area contributed by atoms with E-state index in [0.29, 0.717) is 0 Å². The summed E-state index contributed by atoms with van der Waals surface area (Å²) in [5.41, 5.74) is 7.23. The zero-order valence-corrected chi connectivity index (χ0v) is 16.7. The average Bonchev–Trinajstić information content (AvgIpc) is 2.80. The Labute approximate surface area is 173 Å². The molecule has 4 aromatic carbocycles. The van der Waals surface area contributed by atoms with Gasteiger partial charge in [0.15, 0.2) is 0 Å². The minimum atomic E-state index is 1.07. The second kappa shape index (κ2) is 9.07. The minimum Gasteiger partial charge on any atom is -0.311 e. The predicted molar refractivity (Wildman–Crippen MR) is 126 cm³/mol. The van der Waals surface area contributed by atoms with Crippen molar-refractivity contribution in [1.82, 2.24) is 0 Å². The molecule has 142 valence electrons. The second-order valence-electron chi connectivity index (χ2n) is 7.03. The van der Waals surface area contributed by atoms with E-state index in [1.807, 2.05) is 12.1 Å². The molecule has 0 bridgehead atoms. The largest absolute Gasteiger partial charge is 0.311 e. The maximum Gasteiger partial charge on any atom is 0.0462 e. The zero-order chi connectivity index (χ0) is 19.9. The molecule has 0 heterocycles. The maximum absolute atomic E-state index is 2.27. The highest BCUT2D eigenvalue weighted by atomic mass is 15.1. The molecule has 1 nitrogen and oxygen atoms in total. The van der Waals surface area contributed by atoms with Crippen molar-refractivity contribution in [3.8, 4) is 0 Å². The van der Waals surface area contributed by atoms with Crippen molar-refractivity contribution < 1.29 is 0 Å². The molecule has 0 saturated heterocycles. The van der Waals surface area contributed by atoms with Gasteiger partial charge in [-0.3, -0.25) is 0 Å². The third-order valence-corrected chi connectivity index (χ3v) is 5.04. The molecular formula is C28H25N. The van der Waals surface area contributed by atoms with Gasteiger partial charge in [0.25, 0.3) is 0 Å². The summed E-state index contributed by atoms with van der Waals surface area (Å²) < 4.78 is 0. The van der Waals surface area contributed by atoms with E-state index in [9.17, 15) is 0 Å². The Kier molecular flexibility index (Phi) is 5.87. The summed E-state index contributed by atoms with van der Waals surface area (Å²) in [5, 5.41) is 0. The monoisotopic (exact) mass is 375 g/mol. The molecule has 0 saturated carbocycles. The van der Waals surface area contributed by atoms with E-state index in [0.717, 1.165) is 23.5 Å². The molecule has 4 rings (SSSR count). The number of hydrogen-bond donors (Lipinski definition) is 0. The predicted octanol–water partition coefficient (Wildman–Crippen LogP) is 7.89. The third-order valence-electron chi connectivity index (χ3n) is 5.04. The van der Waals surface area contributed by atoms with Crippen LogP contribution in [0, 0.1) is 0 Å². The number of nitrogens with zero attached hydrogens (tertiary/aromatic N) is 1. The third kappa shape index (κ3) is 4.64. The summed E-state index contributed by atoms with van der Waals surface area (Å²) >= 11 is 0. The second-order valence-corrected chi connectivity index (χ2v) is 7.03. The fourth-order valence-corrected chi connectivity index (χ4v) is 3.39. The van der Waals surface area contributed by atoms with Crippen LogP contribution in [0.3, 0.4) is 0 Å². The van der Waals surface area contributed by atoms with Crippen molar-refractivity contribution in [3.63, 3.8) is 0 Å². The van der Waals surface area contributed by atoms with Crippen LogP contribution < -0.4 is 4.90 Å². The Balaban J connectivity index is 1.59. The molecule has 1 heteroatoms. The SMILES string of the molecule is CCc1ccc(/C=C/c2ccc(N(c3ccccc3)c3ccccc3)cc2)cc1. The van der Waals surface area contributed by atoms with Crippen molar-refractivity contribution in [3.05, 3.63) is 126 Å². The molecule has 0 fully saturated rings. The van der Waals surface area contributed by atoms with Crippen molar-refractivity contribution in [2.75, 3.05) is 4.90 Å². The standard InChI is InChI=1S/C28H25N/c1-2-23-13-15-24(16-14-23)17-18-25-19-21-28(22-20-25)29(26-9-5-3-6-10-26)27-11-7-4-8-12-27/h3-22H,2H2,1H3/b18-17+. The highest BCUT2D eigenvalue weighted by Gasteiger charge is 2.11. The maximum atomic E-state index is 2.27. The van der Waals surface area contributed by atoms with E-state index >= 15 is 0 Å². The Hall–Kier alpha value is -3.58. The number of aryl methyl sites for hydroxylation is 1. The van der Waals surface area contributed by atoms with E-state index < -0.39 is 0 Å². The quantitative estimate of drug-likeness (QED) is 0.310. The van der Waals surface area contributed by atoms with Crippen LogP contribution in [0.25, 0.3) is 12.2 Å². The first-order valence-electron chi connectivity index (χ1n) is 10.1. The molecule has 0 unspecified atom stereocenters. The molecule has 0 aliphatic heterocycles. The van der Waals surface area contributed by atoms with Gasteiger partial charge in [0.1, 0.15) is 0 Å². The molecule has 0 amide bonds. The van der Waals surface area contributed by atoms with Gasteiger partial charge < -0.3 is 4.90 Å². The van der Waals surface area contributed by atoms with Gasteiger partial charge in [-0.1, -0.05) is 91.9 Å². The minimum absolute atomic E-state index is 1.07. The first-order valence-corrected chi connectivity index (χ1v) is 10.1. The molecule has 0 spiro atoms. The number of benzene rings is 4. The van der Waals surface area contributed by atoms with E-state index in [1.165, 1.54) is 16.7 Å². The van der Waals surface area contributed by atoms with Gasteiger partial charge in [-0.2, -0.15) is 0 Å². The van der Waals surface area contributed by atoms with Crippen LogP contribution in [0.5, 0.6) is 0 Å². The zero-order valence-electron chi connectivity index (χ0n) is 16.7. The number of rotatable bonds is 6. The summed E-state index contributed by atoms with van der Waals surface area (Å²) in [6.45, 7) is 2.18. The van der Waals surface area contributed by atoms with Gasteiger partial charge in [-0.25, -0.2) is 0 Å². The Bertz CT molecular complexity index is 1010. The molecule has 0 atom stereocenters. The van der Waals surface area contributed by atoms with Gasteiger partial charge in [0, 0.05) is 17.1 Å². The van der Waals surface area contributed by atoms with Crippen LogP contribution in [0.4, 0.5) is 17.1 Å². The average molecular weight is 376 g/mol. The van der Waals surface area contributed by atoms with Gasteiger partial charge >= 0.3 is 0 Å². The van der Waals surface area contributed by atoms with Crippen molar-refractivity contribution in [2.45, 2.75) is 13.3 Å². The molecule has 4 aromatic rings. The fraction of sp³-hybridized carbons (Fsp3) is 0.0714. The summed E-state index contributed by atoms with van der Waals surface area (Å²) in [6.07, 6.45) is 5.41. The summed E-state index contributed by atoms with van der Waals surface area (Å²) in [7, 11) is 0. The van der Waals surface area contributed by atoms with Gasteiger partial charge in [0.2, 0.25) is 0 Å². The molecule has 0 aliphatic carbocycles. The summed E-state index contributed by atoms with van der Waals surface area (Å²) in [4.78, 5) is 2.27. The summed E-state index contributed by atoms with van der Waals surface area (Å²) in [5.74, 6) is 0. The lowest BCUT2D eigenvalue weighted by atomic mass is 10.1. The molecular weight excluding hydrogens is 350 g/mol. The lowest BCUT2D eigenvalue weighted by Crippen LogP contribution is -2.09. The Morgan fingerprint density at radius 2 is 0.931 bits per heavy atom.